The number of nitrogens with zero attached hydrogens (tertiary/aromatic N) is 3. The number of fused-ring (bicyclic) bond motifs is 1. The number of benzene rings is 2. The molecule has 0 saturated carbocycles. The van der Waals surface area contributed by atoms with E-state index in [0.717, 1.165) is 43.6 Å². The smallest absolute Gasteiger partial charge is 0.257 e. The number of hydrogen-bond donors (Lipinski definition) is 1. The number of anilines is 1. The van der Waals surface area contributed by atoms with Crippen LogP contribution in [0.5, 0.6) is 0 Å². The van der Waals surface area contributed by atoms with E-state index in [1.54, 1.807) is 35.6 Å². The van der Waals surface area contributed by atoms with Gasteiger partial charge in [0.1, 0.15) is 0 Å². The molecule has 28 heavy (non-hydrogen) atoms. The second-order valence-electron chi connectivity index (χ2n) is 6.81. The Balaban J connectivity index is 1.77. The van der Waals surface area contributed by atoms with Gasteiger partial charge in [-0.15, -0.1) is 0 Å². The van der Waals surface area contributed by atoms with Gasteiger partial charge in [0.05, 0.1) is 26.5 Å². The number of hydrogen-bond acceptors (Lipinski definition) is 4. The Morgan fingerprint density at radius 2 is 1.89 bits per heavy atom. The quantitative estimate of drug-likeness (QED) is 0.476. The number of aromatic nitrogens is 3. The lowest BCUT2D eigenvalue weighted by atomic mass is 10.1. The fourth-order valence-electron chi connectivity index (χ4n) is 3.30. The third-order valence-corrected chi connectivity index (χ3v) is 6.15. The normalized spacial score (nSPS) is 11.2. The van der Waals surface area contributed by atoms with Crippen molar-refractivity contribution >= 4 is 44.7 Å². The molecule has 0 saturated heterocycles. The van der Waals surface area contributed by atoms with Crippen molar-refractivity contribution in [1.29, 1.82) is 0 Å². The topological polar surface area (TPSA) is 59.8 Å². The first kappa shape index (κ1) is 18.7. The standard InChI is InChI=1S/C21H19ClN4OS/c1-11-9-17-19(28-21(23-17)26-13(3)10-12(2)25-26)14(4)18(11)24-20(27)15-7-5-6-8-16(15)22/h5-10H,1-4H3,(H,24,27). The molecule has 1 N–H and O–H groups in total. The molecular formula is C21H19ClN4OS. The van der Waals surface area contributed by atoms with Gasteiger partial charge in [-0.3, -0.25) is 4.79 Å². The van der Waals surface area contributed by atoms with Crippen molar-refractivity contribution in [1.82, 2.24) is 14.8 Å². The molecule has 1 amide bonds. The van der Waals surface area contributed by atoms with Gasteiger partial charge < -0.3 is 5.32 Å². The summed E-state index contributed by atoms with van der Waals surface area (Å²) in [5.41, 5.74) is 6.09. The molecular weight excluding hydrogens is 392 g/mol. The van der Waals surface area contributed by atoms with Gasteiger partial charge in [0.15, 0.2) is 0 Å². The van der Waals surface area contributed by atoms with Crippen LogP contribution in [0.1, 0.15) is 32.9 Å². The summed E-state index contributed by atoms with van der Waals surface area (Å²) < 4.78 is 2.89. The van der Waals surface area contributed by atoms with E-state index in [1.165, 1.54) is 0 Å². The Bertz CT molecular complexity index is 1220. The van der Waals surface area contributed by atoms with Gasteiger partial charge in [0.25, 0.3) is 5.91 Å². The van der Waals surface area contributed by atoms with Crippen molar-refractivity contribution in [2.75, 3.05) is 5.32 Å². The molecule has 0 spiro atoms. The highest BCUT2D eigenvalue weighted by Gasteiger charge is 2.18. The molecule has 2 heterocycles. The Kier molecular flexibility index (Phi) is 4.69. The number of amides is 1. The average Bonchev–Trinajstić information content (AvgIpc) is 3.21. The first-order chi connectivity index (χ1) is 13.3. The summed E-state index contributed by atoms with van der Waals surface area (Å²) in [6, 6.07) is 11.1. The van der Waals surface area contributed by atoms with Crippen LogP contribution in [0.25, 0.3) is 15.3 Å². The largest absolute Gasteiger partial charge is 0.321 e. The summed E-state index contributed by atoms with van der Waals surface area (Å²) in [5.74, 6) is -0.223. The maximum Gasteiger partial charge on any atom is 0.257 e. The van der Waals surface area contributed by atoms with Crippen LogP contribution in [-0.2, 0) is 0 Å². The molecule has 7 heteroatoms. The zero-order valence-corrected chi connectivity index (χ0v) is 17.6. The molecule has 0 aliphatic carbocycles. The first-order valence-corrected chi connectivity index (χ1v) is 10.0. The fourth-order valence-corrected chi connectivity index (χ4v) is 4.59. The van der Waals surface area contributed by atoms with Crippen LogP contribution in [0.15, 0.2) is 36.4 Å². The van der Waals surface area contributed by atoms with Crippen LogP contribution >= 0.6 is 22.9 Å². The SMILES string of the molecule is Cc1cc(C)n(-c2nc3cc(C)c(NC(=O)c4ccccc4Cl)c(C)c3s2)n1. The molecule has 142 valence electrons. The van der Waals surface area contributed by atoms with E-state index in [2.05, 4.69) is 10.4 Å². The Morgan fingerprint density at radius 3 is 2.57 bits per heavy atom. The highest BCUT2D eigenvalue weighted by Crippen LogP contribution is 2.35. The van der Waals surface area contributed by atoms with Crippen molar-refractivity contribution in [3.05, 3.63) is 69.5 Å². The fraction of sp³-hybridized carbons (Fsp3) is 0.190. The van der Waals surface area contributed by atoms with E-state index < -0.39 is 0 Å². The second-order valence-corrected chi connectivity index (χ2v) is 8.20. The molecule has 0 atom stereocenters. The van der Waals surface area contributed by atoms with Gasteiger partial charge in [-0.25, -0.2) is 9.67 Å². The van der Waals surface area contributed by atoms with E-state index in [-0.39, 0.29) is 5.91 Å². The maximum atomic E-state index is 12.7. The van der Waals surface area contributed by atoms with Crippen LogP contribution in [0.3, 0.4) is 0 Å². The summed E-state index contributed by atoms with van der Waals surface area (Å²) >= 11 is 7.73. The van der Waals surface area contributed by atoms with Crippen molar-refractivity contribution < 1.29 is 4.79 Å². The van der Waals surface area contributed by atoms with E-state index in [1.807, 2.05) is 44.5 Å². The summed E-state index contributed by atoms with van der Waals surface area (Å²) in [6.07, 6.45) is 0. The molecule has 0 aliphatic rings. The molecule has 2 aromatic carbocycles. The Hall–Kier alpha value is -2.70. The van der Waals surface area contributed by atoms with Crippen molar-refractivity contribution in [2.45, 2.75) is 27.7 Å². The molecule has 5 nitrogen and oxygen atoms in total. The van der Waals surface area contributed by atoms with E-state index in [9.17, 15) is 4.79 Å². The lowest BCUT2D eigenvalue weighted by molar-refractivity contribution is 0.102. The Morgan fingerprint density at radius 1 is 1.14 bits per heavy atom. The van der Waals surface area contributed by atoms with E-state index in [0.29, 0.717) is 10.6 Å². The first-order valence-electron chi connectivity index (χ1n) is 8.85. The third-order valence-electron chi connectivity index (χ3n) is 4.65. The van der Waals surface area contributed by atoms with E-state index >= 15 is 0 Å². The monoisotopic (exact) mass is 410 g/mol. The van der Waals surface area contributed by atoms with Crippen molar-refractivity contribution in [3.8, 4) is 5.13 Å². The number of halogens is 1. The van der Waals surface area contributed by atoms with Gasteiger partial charge in [0.2, 0.25) is 5.13 Å². The maximum absolute atomic E-state index is 12.7. The van der Waals surface area contributed by atoms with Crippen LogP contribution in [0.2, 0.25) is 5.02 Å². The third kappa shape index (κ3) is 3.19. The predicted octanol–water partition coefficient (Wildman–Crippen LogP) is 5.62. The predicted molar refractivity (Wildman–Crippen MR) is 115 cm³/mol. The van der Waals surface area contributed by atoms with E-state index in [4.69, 9.17) is 16.6 Å². The number of nitrogens with one attached hydrogen (secondary N) is 1. The molecule has 0 aliphatic heterocycles. The summed E-state index contributed by atoms with van der Waals surface area (Å²) in [7, 11) is 0. The van der Waals surface area contributed by atoms with Crippen LogP contribution in [0.4, 0.5) is 5.69 Å². The lowest BCUT2D eigenvalue weighted by Gasteiger charge is -2.13. The summed E-state index contributed by atoms with van der Waals surface area (Å²) in [4.78, 5) is 17.5. The van der Waals surface area contributed by atoms with Gasteiger partial charge >= 0.3 is 0 Å². The number of carbonyl (C=O) groups is 1. The van der Waals surface area contributed by atoms with Crippen molar-refractivity contribution in [2.24, 2.45) is 0 Å². The molecule has 0 bridgehead atoms. The zero-order chi connectivity index (χ0) is 20.0. The minimum Gasteiger partial charge on any atom is -0.321 e. The number of rotatable bonds is 3. The number of thiazole rings is 1. The average molecular weight is 411 g/mol. The van der Waals surface area contributed by atoms with Gasteiger partial charge in [0, 0.05) is 11.4 Å². The molecule has 0 fully saturated rings. The van der Waals surface area contributed by atoms with Crippen LogP contribution < -0.4 is 5.32 Å². The second kappa shape index (κ2) is 7.04. The van der Waals surface area contributed by atoms with Gasteiger partial charge in [-0.05, 0) is 63.1 Å². The molecule has 4 aromatic rings. The molecule has 0 unspecified atom stereocenters. The van der Waals surface area contributed by atoms with Gasteiger partial charge in [-0.1, -0.05) is 35.1 Å². The van der Waals surface area contributed by atoms with Crippen LogP contribution in [0, 0.1) is 27.7 Å². The minimum absolute atomic E-state index is 0.223. The minimum atomic E-state index is -0.223. The highest BCUT2D eigenvalue weighted by molar-refractivity contribution is 7.21. The highest BCUT2D eigenvalue weighted by atomic mass is 35.5. The lowest BCUT2D eigenvalue weighted by Crippen LogP contribution is -2.14. The molecule has 4 rings (SSSR count). The number of aryl methyl sites for hydroxylation is 4. The molecule has 2 aromatic heterocycles. The zero-order valence-electron chi connectivity index (χ0n) is 16.0. The van der Waals surface area contributed by atoms with Crippen LogP contribution in [-0.4, -0.2) is 20.7 Å². The number of carbonyl (C=O) groups excluding carboxylic acids is 1. The Labute approximate surface area is 172 Å². The van der Waals surface area contributed by atoms with Crippen molar-refractivity contribution in [3.63, 3.8) is 0 Å². The molecule has 0 radical (unpaired) electrons. The van der Waals surface area contributed by atoms with Gasteiger partial charge in [-0.2, -0.15) is 5.10 Å². The summed E-state index contributed by atoms with van der Waals surface area (Å²) in [5, 5.41) is 8.80. The summed E-state index contributed by atoms with van der Waals surface area (Å²) in [6.45, 7) is 7.95.